The molecule has 0 aliphatic carbocycles. The van der Waals surface area contributed by atoms with Crippen LogP contribution in [0.15, 0.2) is 6.20 Å². The molecule has 0 bridgehead atoms. The molecule has 1 aromatic rings. The maximum absolute atomic E-state index is 13.0. The highest BCUT2D eigenvalue weighted by Gasteiger charge is 2.22. The zero-order chi connectivity index (χ0) is 11.6. The Morgan fingerprint density at radius 3 is 2.67 bits per heavy atom. The van der Waals surface area contributed by atoms with Gasteiger partial charge in [0.1, 0.15) is 11.6 Å². The van der Waals surface area contributed by atoms with Gasteiger partial charge >= 0.3 is 5.97 Å². The molecule has 0 aromatic carbocycles. The van der Waals surface area contributed by atoms with Crippen LogP contribution in [-0.2, 0) is 11.2 Å². The van der Waals surface area contributed by atoms with E-state index in [0.717, 1.165) is 0 Å². The minimum atomic E-state index is -3.05. The molecule has 3 N–H and O–H groups in total. The standard InChI is InChI=1S/C8H7F3N2O2/c9-4-2-13-8(12)6(7(10)11)3(4)1-5(14)15/h2,7H,1H2,(H2,12,13)(H,14,15). The first-order valence-corrected chi connectivity index (χ1v) is 3.86. The first-order valence-electron chi connectivity index (χ1n) is 3.86. The van der Waals surface area contributed by atoms with Gasteiger partial charge in [-0.15, -0.1) is 0 Å². The van der Waals surface area contributed by atoms with Crippen LogP contribution in [0.25, 0.3) is 0 Å². The molecular formula is C8H7F3N2O2. The number of hydrogen-bond acceptors (Lipinski definition) is 3. The van der Waals surface area contributed by atoms with E-state index in [1.165, 1.54) is 0 Å². The quantitative estimate of drug-likeness (QED) is 0.806. The molecule has 0 amide bonds. The number of carboxylic acid groups (broad SMARTS) is 1. The molecule has 0 fully saturated rings. The Balaban J connectivity index is 3.31. The van der Waals surface area contributed by atoms with E-state index in [-0.39, 0.29) is 0 Å². The first-order chi connectivity index (χ1) is 6.93. The number of anilines is 1. The van der Waals surface area contributed by atoms with Gasteiger partial charge < -0.3 is 10.8 Å². The number of aromatic nitrogens is 1. The van der Waals surface area contributed by atoms with E-state index in [1.54, 1.807) is 0 Å². The highest BCUT2D eigenvalue weighted by molar-refractivity contribution is 5.71. The van der Waals surface area contributed by atoms with Crippen molar-refractivity contribution in [2.45, 2.75) is 12.8 Å². The fourth-order valence-corrected chi connectivity index (χ4v) is 1.13. The Morgan fingerprint density at radius 2 is 2.20 bits per heavy atom. The summed E-state index contributed by atoms with van der Waals surface area (Å²) in [5, 5.41) is 8.42. The largest absolute Gasteiger partial charge is 0.481 e. The average molecular weight is 220 g/mol. The second kappa shape index (κ2) is 4.16. The Morgan fingerprint density at radius 1 is 1.60 bits per heavy atom. The molecule has 1 heterocycles. The molecule has 82 valence electrons. The average Bonchev–Trinajstić information content (AvgIpc) is 2.10. The summed E-state index contributed by atoms with van der Waals surface area (Å²) in [4.78, 5) is 13.5. The number of nitrogen functional groups attached to an aromatic ring is 1. The van der Waals surface area contributed by atoms with Gasteiger partial charge in [0.15, 0.2) is 0 Å². The van der Waals surface area contributed by atoms with Gasteiger partial charge in [0.2, 0.25) is 0 Å². The third-order valence-electron chi connectivity index (χ3n) is 1.75. The van der Waals surface area contributed by atoms with Crippen LogP contribution in [0, 0.1) is 5.82 Å². The van der Waals surface area contributed by atoms with Crippen LogP contribution < -0.4 is 5.73 Å². The minimum absolute atomic E-state index is 0.553. The fourth-order valence-electron chi connectivity index (χ4n) is 1.13. The van der Waals surface area contributed by atoms with Gasteiger partial charge in [-0.2, -0.15) is 0 Å². The number of carboxylic acids is 1. The molecule has 0 saturated heterocycles. The molecule has 0 aliphatic heterocycles. The minimum Gasteiger partial charge on any atom is -0.481 e. The molecule has 0 saturated carbocycles. The van der Waals surface area contributed by atoms with Crippen molar-refractivity contribution in [2.24, 2.45) is 0 Å². The van der Waals surface area contributed by atoms with Gasteiger partial charge in [-0.25, -0.2) is 18.2 Å². The van der Waals surface area contributed by atoms with Crippen molar-refractivity contribution < 1.29 is 23.1 Å². The van der Waals surface area contributed by atoms with Gasteiger partial charge in [-0.3, -0.25) is 4.79 Å². The fraction of sp³-hybridized carbons (Fsp3) is 0.250. The summed E-state index contributed by atoms with van der Waals surface area (Å²) in [5.74, 6) is -3.06. The number of nitrogens with zero attached hydrogens (tertiary/aromatic N) is 1. The van der Waals surface area contributed by atoms with Crippen molar-refractivity contribution in [3.05, 3.63) is 23.1 Å². The molecule has 0 radical (unpaired) electrons. The molecule has 1 aromatic heterocycles. The maximum atomic E-state index is 13.0. The molecule has 0 atom stereocenters. The highest BCUT2D eigenvalue weighted by atomic mass is 19.3. The third kappa shape index (κ3) is 2.36. The molecule has 0 aliphatic rings. The van der Waals surface area contributed by atoms with Crippen molar-refractivity contribution in [3.63, 3.8) is 0 Å². The predicted molar refractivity (Wildman–Crippen MR) is 44.9 cm³/mol. The summed E-state index contributed by atoms with van der Waals surface area (Å²) >= 11 is 0. The van der Waals surface area contributed by atoms with Gasteiger partial charge in [0, 0.05) is 5.56 Å². The second-order valence-electron chi connectivity index (χ2n) is 2.75. The SMILES string of the molecule is Nc1ncc(F)c(CC(=O)O)c1C(F)F. The summed E-state index contributed by atoms with van der Waals surface area (Å²) in [6.45, 7) is 0. The summed E-state index contributed by atoms with van der Waals surface area (Å²) in [7, 11) is 0. The van der Waals surface area contributed by atoms with E-state index in [4.69, 9.17) is 10.8 Å². The summed E-state index contributed by atoms with van der Waals surface area (Å²) in [6, 6.07) is 0. The van der Waals surface area contributed by atoms with E-state index in [2.05, 4.69) is 4.98 Å². The normalized spacial score (nSPS) is 10.7. The number of alkyl halides is 2. The van der Waals surface area contributed by atoms with Gasteiger partial charge in [0.05, 0.1) is 18.2 Å². The zero-order valence-corrected chi connectivity index (χ0v) is 7.38. The molecule has 0 spiro atoms. The summed E-state index contributed by atoms with van der Waals surface area (Å²) in [6.07, 6.45) is -3.28. The molecule has 0 unspecified atom stereocenters. The maximum Gasteiger partial charge on any atom is 0.307 e. The van der Waals surface area contributed by atoms with Crippen molar-refractivity contribution >= 4 is 11.8 Å². The van der Waals surface area contributed by atoms with Crippen molar-refractivity contribution in [2.75, 3.05) is 5.73 Å². The van der Waals surface area contributed by atoms with Crippen LogP contribution in [0.1, 0.15) is 17.6 Å². The number of nitrogens with two attached hydrogens (primary N) is 1. The second-order valence-corrected chi connectivity index (χ2v) is 2.75. The molecular weight excluding hydrogens is 213 g/mol. The molecule has 1 rings (SSSR count). The van der Waals surface area contributed by atoms with E-state index in [9.17, 15) is 18.0 Å². The lowest BCUT2D eigenvalue weighted by Crippen LogP contribution is -2.10. The lowest BCUT2D eigenvalue weighted by atomic mass is 10.1. The van der Waals surface area contributed by atoms with E-state index < -0.39 is 41.6 Å². The number of pyridine rings is 1. The first kappa shape index (κ1) is 11.3. The number of carbonyl (C=O) groups is 1. The smallest absolute Gasteiger partial charge is 0.307 e. The predicted octanol–water partition coefficient (Wildman–Crippen LogP) is 1.37. The van der Waals surface area contributed by atoms with Crippen molar-refractivity contribution in [3.8, 4) is 0 Å². The van der Waals surface area contributed by atoms with Crippen LogP contribution in [0.3, 0.4) is 0 Å². The Kier molecular flexibility index (Phi) is 3.13. The Bertz CT molecular complexity index is 396. The summed E-state index contributed by atoms with van der Waals surface area (Å²) in [5.41, 5.74) is 3.65. The number of rotatable bonds is 3. The molecule has 15 heavy (non-hydrogen) atoms. The van der Waals surface area contributed by atoms with E-state index >= 15 is 0 Å². The Labute approximate surface area is 82.5 Å². The van der Waals surface area contributed by atoms with Gasteiger partial charge in [-0.1, -0.05) is 0 Å². The van der Waals surface area contributed by atoms with E-state index in [0.29, 0.717) is 6.20 Å². The number of hydrogen-bond donors (Lipinski definition) is 2. The van der Waals surface area contributed by atoms with Crippen molar-refractivity contribution in [1.29, 1.82) is 0 Å². The summed E-state index contributed by atoms with van der Waals surface area (Å²) < 4.78 is 37.9. The van der Waals surface area contributed by atoms with Crippen LogP contribution in [0.4, 0.5) is 19.0 Å². The lowest BCUT2D eigenvalue weighted by Gasteiger charge is -2.09. The van der Waals surface area contributed by atoms with Crippen LogP contribution >= 0.6 is 0 Å². The van der Waals surface area contributed by atoms with Crippen LogP contribution in [0.2, 0.25) is 0 Å². The van der Waals surface area contributed by atoms with Crippen LogP contribution in [-0.4, -0.2) is 16.1 Å². The molecule has 4 nitrogen and oxygen atoms in total. The highest BCUT2D eigenvalue weighted by Crippen LogP contribution is 2.29. The van der Waals surface area contributed by atoms with E-state index in [1.807, 2.05) is 0 Å². The zero-order valence-electron chi connectivity index (χ0n) is 7.38. The lowest BCUT2D eigenvalue weighted by molar-refractivity contribution is -0.136. The number of aliphatic carboxylic acids is 1. The third-order valence-corrected chi connectivity index (χ3v) is 1.75. The van der Waals surface area contributed by atoms with Crippen molar-refractivity contribution in [1.82, 2.24) is 4.98 Å². The molecule has 7 heteroatoms. The van der Waals surface area contributed by atoms with Gasteiger partial charge in [0.25, 0.3) is 6.43 Å². The van der Waals surface area contributed by atoms with Gasteiger partial charge in [-0.05, 0) is 0 Å². The Hall–Kier alpha value is -1.79. The van der Waals surface area contributed by atoms with Crippen LogP contribution in [0.5, 0.6) is 0 Å². The topological polar surface area (TPSA) is 76.2 Å². The number of halogens is 3. The monoisotopic (exact) mass is 220 g/mol.